The lowest BCUT2D eigenvalue weighted by Gasteiger charge is -2.31. The number of carbonyl (C=O) groups excluding carboxylic acids is 1. The van der Waals surface area contributed by atoms with Crippen LogP contribution in [-0.2, 0) is 15.0 Å². The molecular weight excluding hydrogens is 318 g/mol. The van der Waals surface area contributed by atoms with Gasteiger partial charge in [-0.1, -0.05) is 50.2 Å². The Morgan fingerprint density at radius 3 is 2.32 bits per heavy atom. The highest BCUT2D eigenvalue weighted by molar-refractivity contribution is 5.99. The van der Waals surface area contributed by atoms with Gasteiger partial charge in [-0.2, -0.15) is 0 Å². The zero-order chi connectivity index (χ0) is 18.3. The maximum absolute atomic E-state index is 13.0. The van der Waals surface area contributed by atoms with E-state index in [1.54, 1.807) is 24.3 Å². The molecule has 2 aromatic rings. The molecule has 2 aromatic carbocycles. The highest BCUT2D eigenvalue weighted by Gasteiger charge is 2.36. The topological polar surface area (TPSA) is 75.6 Å². The standard InChI is InChI=1S/C20H23NO4/c1-3-20(4-2,15-9-6-5-7-10-15)19(24)21-16-11-8-12-17(13-16)25-14-18(22)23/h5-13H,3-4,14H2,1-2H3,(H,21,24)(H,22,23). The van der Waals surface area contributed by atoms with Crippen molar-refractivity contribution in [2.24, 2.45) is 0 Å². The van der Waals surface area contributed by atoms with Crippen LogP contribution in [0.4, 0.5) is 5.69 Å². The number of carbonyl (C=O) groups is 2. The van der Waals surface area contributed by atoms with Crippen LogP contribution in [0.2, 0.25) is 0 Å². The van der Waals surface area contributed by atoms with E-state index in [4.69, 9.17) is 9.84 Å². The molecule has 0 bridgehead atoms. The van der Waals surface area contributed by atoms with E-state index in [2.05, 4.69) is 5.32 Å². The van der Waals surface area contributed by atoms with Gasteiger partial charge in [0.15, 0.2) is 6.61 Å². The van der Waals surface area contributed by atoms with E-state index in [1.165, 1.54) is 0 Å². The maximum atomic E-state index is 13.0. The second-order valence-corrected chi connectivity index (χ2v) is 5.82. The van der Waals surface area contributed by atoms with Crippen LogP contribution in [0.5, 0.6) is 5.75 Å². The van der Waals surface area contributed by atoms with Gasteiger partial charge in [-0.25, -0.2) is 4.79 Å². The molecule has 2 N–H and O–H groups in total. The van der Waals surface area contributed by atoms with E-state index in [9.17, 15) is 9.59 Å². The fourth-order valence-corrected chi connectivity index (χ4v) is 2.93. The van der Waals surface area contributed by atoms with Crippen molar-refractivity contribution < 1.29 is 19.4 Å². The summed E-state index contributed by atoms with van der Waals surface area (Å²) >= 11 is 0. The number of hydrogen-bond acceptors (Lipinski definition) is 3. The molecule has 2 rings (SSSR count). The minimum atomic E-state index is -1.05. The number of ether oxygens (including phenoxy) is 1. The molecule has 25 heavy (non-hydrogen) atoms. The van der Waals surface area contributed by atoms with Gasteiger partial charge in [-0.15, -0.1) is 0 Å². The minimum absolute atomic E-state index is 0.0842. The molecule has 0 saturated carbocycles. The monoisotopic (exact) mass is 341 g/mol. The number of anilines is 1. The van der Waals surface area contributed by atoms with Gasteiger partial charge in [0.2, 0.25) is 5.91 Å². The summed E-state index contributed by atoms with van der Waals surface area (Å²) in [6.07, 6.45) is 1.35. The molecule has 132 valence electrons. The number of carboxylic acids is 1. The van der Waals surface area contributed by atoms with Crippen LogP contribution in [0, 0.1) is 0 Å². The molecule has 0 aromatic heterocycles. The molecule has 0 spiro atoms. The molecule has 0 heterocycles. The minimum Gasteiger partial charge on any atom is -0.482 e. The second-order valence-electron chi connectivity index (χ2n) is 5.82. The number of rotatable bonds is 8. The Morgan fingerprint density at radius 1 is 1.04 bits per heavy atom. The van der Waals surface area contributed by atoms with Crippen LogP contribution in [0.25, 0.3) is 0 Å². The van der Waals surface area contributed by atoms with Crippen molar-refractivity contribution in [1.82, 2.24) is 0 Å². The number of benzene rings is 2. The summed E-state index contributed by atoms with van der Waals surface area (Å²) in [5.74, 6) is -0.730. The third kappa shape index (κ3) is 4.38. The van der Waals surface area contributed by atoms with E-state index in [-0.39, 0.29) is 5.91 Å². The van der Waals surface area contributed by atoms with Crippen LogP contribution >= 0.6 is 0 Å². The summed E-state index contributed by atoms with van der Waals surface area (Å²) in [5.41, 5.74) is 0.949. The van der Waals surface area contributed by atoms with E-state index in [0.717, 1.165) is 5.56 Å². The Kier molecular flexibility index (Phi) is 6.17. The van der Waals surface area contributed by atoms with E-state index >= 15 is 0 Å². The van der Waals surface area contributed by atoms with Gasteiger partial charge in [0, 0.05) is 11.8 Å². The van der Waals surface area contributed by atoms with Gasteiger partial charge >= 0.3 is 5.97 Å². The van der Waals surface area contributed by atoms with Crippen LogP contribution in [0.15, 0.2) is 54.6 Å². The van der Waals surface area contributed by atoms with E-state index in [1.807, 2.05) is 44.2 Å². The molecule has 5 heteroatoms. The fraction of sp³-hybridized carbons (Fsp3) is 0.300. The van der Waals surface area contributed by atoms with E-state index in [0.29, 0.717) is 24.3 Å². The molecule has 0 aliphatic heterocycles. The summed E-state index contributed by atoms with van der Waals surface area (Å²) in [4.78, 5) is 23.6. The van der Waals surface area contributed by atoms with Gasteiger partial charge in [0.25, 0.3) is 0 Å². The molecule has 0 aliphatic rings. The van der Waals surface area contributed by atoms with Crippen molar-refractivity contribution in [2.45, 2.75) is 32.1 Å². The van der Waals surface area contributed by atoms with Crippen LogP contribution in [0.3, 0.4) is 0 Å². The normalized spacial score (nSPS) is 11.0. The average molecular weight is 341 g/mol. The average Bonchev–Trinajstić information content (AvgIpc) is 2.63. The van der Waals surface area contributed by atoms with Crippen molar-refractivity contribution in [2.75, 3.05) is 11.9 Å². The van der Waals surface area contributed by atoms with Crippen molar-refractivity contribution in [3.63, 3.8) is 0 Å². The van der Waals surface area contributed by atoms with Crippen LogP contribution in [0.1, 0.15) is 32.3 Å². The van der Waals surface area contributed by atoms with Gasteiger partial charge in [0.1, 0.15) is 5.75 Å². The predicted molar refractivity (Wildman–Crippen MR) is 96.9 cm³/mol. The Morgan fingerprint density at radius 2 is 1.72 bits per heavy atom. The number of nitrogens with one attached hydrogen (secondary N) is 1. The summed E-state index contributed by atoms with van der Waals surface area (Å²) < 4.78 is 5.16. The molecular formula is C20H23NO4. The third-order valence-corrected chi connectivity index (χ3v) is 4.42. The van der Waals surface area contributed by atoms with Crippen molar-refractivity contribution in [3.05, 3.63) is 60.2 Å². The first kappa shape index (κ1) is 18.5. The van der Waals surface area contributed by atoms with Crippen molar-refractivity contribution >= 4 is 17.6 Å². The Labute approximate surface area is 147 Å². The molecule has 0 saturated heterocycles. The molecule has 1 amide bonds. The summed E-state index contributed by atoms with van der Waals surface area (Å²) in [5, 5.41) is 11.6. The molecule has 0 atom stereocenters. The molecule has 0 radical (unpaired) electrons. The summed E-state index contributed by atoms with van der Waals surface area (Å²) in [6.45, 7) is 3.58. The highest BCUT2D eigenvalue weighted by atomic mass is 16.5. The predicted octanol–water partition coefficient (Wildman–Crippen LogP) is 3.85. The van der Waals surface area contributed by atoms with Crippen LogP contribution in [-0.4, -0.2) is 23.6 Å². The third-order valence-electron chi connectivity index (χ3n) is 4.42. The van der Waals surface area contributed by atoms with Gasteiger partial charge in [-0.3, -0.25) is 4.79 Å². The quantitative estimate of drug-likeness (QED) is 0.765. The van der Waals surface area contributed by atoms with Crippen molar-refractivity contribution in [1.29, 1.82) is 0 Å². The smallest absolute Gasteiger partial charge is 0.341 e. The zero-order valence-electron chi connectivity index (χ0n) is 14.5. The lowest BCUT2D eigenvalue weighted by Crippen LogP contribution is -2.39. The molecule has 0 fully saturated rings. The number of hydrogen-bond donors (Lipinski definition) is 2. The SMILES string of the molecule is CCC(CC)(C(=O)Nc1cccc(OCC(=O)O)c1)c1ccccc1. The maximum Gasteiger partial charge on any atom is 0.341 e. The first-order valence-corrected chi connectivity index (χ1v) is 8.33. The number of carboxylic acid groups (broad SMARTS) is 1. The highest BCUT2D eigenvalue weighted by Crippen LogP contribution is 2.33. The lowest BCUT2D eigenvalue weighted by molar-refractivity contribution is -0.139. The Hall–Kier alpha value is -2.82. The van der Waals surface area contributed by atoms with Gasteiger partial charge in [0.05, 0.1) is 5.41 Å². The van der Waals surface area contributed by atoms with E-state index < -0.39 is 18.0 Å². The molecule has 0 aliphatic carbocycles. The van der Waals surface area contributed by atoms with Crippen molar-refractivity contribution in [3.8, 4) is 5.75 Å². The fourth-order valence-electron chi connectivity index (χ4n) is 2.93. The Bertz CT molecular complexity index is 723. The largest absolute Gasteiger partial charge is 0.482 e. The first-order chi connectivity index (χ1) is 12.0. The zero-order valence-corrected chi connectivity index (χ0v) is 14.5. The summed E-state index contributed by atoms with van der Waals surface area (Å²) in [7, 11) is 0. The lowest BCUT2D eigenvalue weighted by atomic mass is 9.75. The van der Waals surface area contributed by atoms with Crippen LogP contribution < -0.4 is 10.1 Å². The van der Waals surface area contributed by atoms with Gasteiger partial charge < -0.3 is 15.2 Å². The number of aliphatic carboxylic acids is 1. The first-order valence-electron chi connectivity index (χ1n) is 8.33. The molecule has 5 nitrogen and oxygen atoms in total. The Balaban J connectivity index is 2.22. The number of amides is 1. The molecule has 0 unspecified atom stereocenters. The summed E-state index contributed by atoms with van der Waals surface area (Å²) in [6, 6.07) is 16.5. The van der Waals surface area contributed by atoms with Gasteiger partial charge in [-0.05, 0) is 30.5 Å². The second kappa shape index (κ2) is 8.33.